The molecule has 1 saturated heterocycles. The highest BCUT2D eigenvalue weighted by molar-refractivity contribution is 7.85. The van der Waals surface area contributed by atoms with E-state index in [0.717, 1.165) is 32.2 Å². The molecule has 2 rings (SSSR count). The van der Waals surface area contributed by atoms with Gasteiger partial charge in [0.15, 0.2) is 6.10 Å². The molecule has 6 heteroatoms. The molecule has 0 N–H and O–H groups in total. The lowest BCUT2D eigenvalue weighted by atomic mass is 9.99. The van der Waals surface area contributed by atoms with E-state index in [0.29, 0.717) is 10.6 Å². The average molecular weight is 365 g/mol. The number of nitrogens with zero attached hydrogens (tertiary/aromatic N) is 1. The first-order valence-corrected chi connectivity index (χ1v) is 10.3. The third kappa shape index (κ3) is 4.69. The van der Waals surface area contributed by atoms with Crippen LogP contribution in [0.25, 0.3) is 0 Å². The summed E-state index contributed by atoms with van der Waals surface area (Å²) in [5, 5.41) is 0. The minimum absolute atomic E-state index is 0.144. The van der Waals surface area contributed by atoms with Crippen molar-refractivity contribution in [2.75, 3.05) is 12.3 Å². The van der Waals surface area contributed by atoms with E-state index < -0.39 is 22.9 Å². The standard InChI is InChI=1S/C19H27NO4S/c1-4-15-10-8-9-13-20(15)18(21)14(3)24-19(22)16-11-6-7-12-17(16)25(23)5-2/h6-7,11-12,14-15H,4-5,8-10,13H2,1-3H3. The molecule has 1 amide bonds. The summed E-state index contributed by atoms with van der Waals surface area (Å²) in [6.45, 7) is 6.20. The second-order valence-electron chi connectivity index (χ2n) is 6.27. The zero-order valence-electron chi connectivity index (χ0n) is 15.2. The first kappa shape index (κ1) is 19.6. The Bertz CT molecular complexity index is 646. The molecule has 0 saturated carbocycles. The normalized spacial score (nSPS) is 20.0. The maximum atomic E-state index is 12.7. The van der Waals surface area contributed by atoms with Gasteiger partial charge in [-0.05, 0) is 44.7 Å². The van der Waals surface area contributed by atoms with Gasteiger partial charge in [0.2, 0.25) is 0 Å². The molecule has 1 aliphatic heterocycles. The summed E-state index contributed by atoms with van der Waals surface area (Å²) in [6.07, 6.45) is 3.18. The maximum Gasteiger partial charge on any atom is 0.340 e. The van der Waals surface area contributed by atoms with E-state index in [1.807, 2.05) is 4.90 Å². The van der Waals surface area contributed by atoms with Crippen LogP contribution in [0, 0.1) is 0 Å². The number of rotatable bonds is 6. The summed E-state index contributed by atoms with van der Waals surface area (Å²) in [7, 11) is -1.26. The van der Waals surface area contributed by atoms with Crippen molar-refractivity contribution < 1.29 is 18.5 Å². The second-order valence-corrected chi connectivity index (χ2v) is 7.98. The van der Waals surface area contributed by atoms with Crippen LogP contribution in [-0.2, 0) is 20.3 Å². The number of benzene rings is 1. The van der Waals surface area contributed by atoms with Crippen LogP contribution in [0.2, 0.25) is 0 Å². The van der Waals surface area contributed by atoms with Gasteiger partial charge in [0, 0.05) is 18.3 Å². The summed E-state index contributed by atoms with van der Waals surface area (Å²) in [6, 6.07) is 6.94. The van der Waals surface area contributed by atoms with E-state index in [-0.39, 0.29) is 17.5 Å². The number of hydrogen-bond donors (Lipinski definition) is 0. The Morgan fingerprint density at radius 1 is 1.28 bits per heavy atom. The minimum atomic E-state index is -1.26. The maximum absolute atomic E-state index is 12.7. The summed E-state index contributed by atoms with van der Waals surface area (Å²) >= 11 is 0. The molecule has 25 heavy (non-hydrogen) atoms. The van der Waals surface area contributed by atoms with Gasteiger partial charge in [-0.15, -0.1) is 0 Å². The molecule has 0 radical (unpaired) electrons. The van der Waals surface area contributed by atoms with Crippen LogP contribution in [0.5, 0.6) is 0 Å². The number of amides is 1. The highest BCUT2D eigenvalue weighted by Crippen LogP contribution is 2.22. The van der Waals surface area contributed by atoms with Gasteiger partial charge in [-0.1, -0.05) is 26.0 Å². The Morgan fingerprint density at radius 3 is 2.68 bits per heavy atom. The van der Waals surface area contributed by atoms with Crippen LogP contribution in [-0.4, -0.2) is 45.4 Å². The van der Waals surface area contributed by atoms with E-state index in [2.05, 4.69) is 6.92 Å². The number of esters is 1. The highest BCUT2D eigenvalue weighted by Gasteiger charge is 2.31. The van der Waals surface area contributed by atoms with E-state index in [4.69, 9.17) is 4.74 Å². The monoisotopic (exact) mass is 365 g/mol. The lowest BCUT2D eigenvalue weighted by Gasteiger charge is -2.36. The molecule has 0 bridgehead atoms. The largest absolute Gasteiger partial charge is 0.449 e. The lowest BCUT2D eigenvalue weighted by molar-refractivity contribution is -0.143. The van der Waals surface area contributed by atoms with Gasteiger partial charge in [-0.25, -0.2) is 4.79 Å². The summed E-state index contributed by atoms with van der Waals surface area (Å²) in [4.78, 5) is 27.5. The van der Waals surface area contributed by atoms with Gasteiger partial charge in [-0.2, -0.15) is 0 Å². The molecule has 1 aliphatic rings. The van der Waals surface area contributed by atoms with Crippen molar-refractivity contribution in [2.24, 2.45) is 0 Å². The van der Waals surface area contributed by atoms with Crippen LogP contribution >= 0.6 is 0 Å². The first-order chi connectivity index (χ1) is 12.0. The zero-order valence-corrected chi connectivity index (χ0v) is 16.0. The molecule has 1 heterocycles. The lowest BCUT2D eigenvalue weighted by Crippen LogP contribution is -2.48. The molecule has 5 nitrogen and oxygen atoms in total. The number of likely N-dealkylation sites (tertiary alicyclic amines) is 1. The van der Waals surface area contributed by atoms with E-state index >= 15 is 0 Å². The van der Waals surface area contributed by atoms with Crippen LogP contribution in [0.3, 0.4) is 0 Å². The zero-order chi connectivity index (χ0) is 18.4. The van der Waals surface area contributed by atoms with E-state index in [9.17, 15) is 13.8 Å². The summed E-state index contributed by atoms with van der Waals surface area (Å²) in [5.41, 5.74) is 0.271. The van der Waals surface area contributed by atoms with Crippen molar-refractivity contribution in [1.82, 2.24) is 4.90 Å². The molecule has 1 aromatic rings. The van der Waals surface area contributed by atoms with Crippen LogP contribution in [0.15, 0.2) is 29.2 Å². The summed E-state index contributed by atoms with van der Waals surface area (Å²) < 4.78 is 17.5. The Labute approximate surface area is 152 Å². The van der Waals surface area contributed by atoms with Crippen LogP contribution < -0.4 is 0 Å². The molecule has 138 valence electrons. The molecule has 3 unspecified atom stereocenters. The van der Waals surface area contributed by atoms with Crippen molar-refractivity contribution in [3.63, 3.8) is 0 Å². The van der Waals surface area contributed by atoms with Gasteiger partial charge in [0.05, 0.1) is 21.3 Å². The van der Waals surface area contributed by atoms with Gasteiger partial charge in [-0.3, -0.25) is 9.00 Å². The molecule has 0 spiro atoms. The van der Waals surface area contributed by atoms with Crippen LogP contribution in [0.4, 0.5) is 0 Å². The third-order valence-electron chi connectivity index (χ3n) is 4.63. The number of hydrogen-bond acceptors (Lipinski definition) is 4. The third-order valence-corrected chi connectivity index (χ3v) is 6.00. The number of carbonyl (C=O) groups excluding carboxylic acids is 2. The Morgan fingerprint density at radius 2 is 2.00 bits per heavy atom. The quantitative estimate of drug-likeness (QED) is 0.727. The molecular weight excluding hydrogens is 338 g/mol. The summed E-state index contributed by atoms with van der Waals surface area (Å²) in [5.74, 6) is -0.317. The molecule has 0 aliphatic carbocycles. The minimum Gasteiger partial charge on any atom is -0.449 e. The van der Waals surface area contributed by atoms with Crippen molar-refractivity contribution in [2.45, 2.75) is 63.5 Å². The fraction of sp³-hybridized carbons (Fsp3) is 0.579. The molecule has 1 aromatic carbocycles. The SMILES string of the molecule is CCC1CCCCN1C(=O)C(C)OC(=O)c1ccccc1S(=O)CC. The molecule has 0 aromatic heterocycles. The van der Waals surface area contributed by atoms with Gasteiger partial charge < -0.3 is 9.64 Å². The van der Waals surface area contributed by atoms with Crippen molar-refractivity contribution >= 4 is 22.7 Å². The van der Waals surface area contributed by atoms with E-state index in [1.54, 1.807) is 38.1 Å². The fourth-order valence-corrected chi connectivity index (χ4v) is 4.15. The number of piperidine rings is 1. The Hall–Kier alpha value is -1.69. The van der Waals surface area contributed by atoms with Crippen molar-refractivity contribution in [3.8, 4) is 0 Å². The second kappa shape index (κ2) is 9.13. The average Bonchev–Trinajstić information content (AvgIpc) is 2.66. The smallest absolute Gasteiger partial charge is 0.340 e. The topological polar surface area (TPSA) is 63.7 Å². The Balaban J connectivity index is 2.10. The molecule has 1 fully saturated rings. The predicted octanol–water partition coefficient (Wildman–Crippen LogP) is 3.15. The van der Waals surface area contributed by atoms with Gasteiger partial charge >= 0.3 is 5.97 Å². The molecular formula is C19H27NO4S. The highest BCUT2D eigenvalue weighted by atomic mass is 32.2. The Kier molecular flexibility index (Phi) is 7.17. The molecule has 3 atom stereocenters. The van der Waals surface area contributed by atoms with Gasteiger partial charge in [0.25, 0.3) is 5.91 Å². The number of ether oxygens (including phenoxy) is 1. The first-order valence-electron chi connectivity index (χ1n) is 8.98. The van der Waals surface area contributed by atoms with Crippen molar-refractivity contribution in [1.29, 1.82) is 0 Å². The van der Waals surface area contributed by atoms with Gasteiger partial charge in [0.1, 0.15) is 0 Å². The van der Waals surface area contributed by atoms with Crippen molar-refractivity contribution in [3.05, 3.63) is 29.8 Å². The van der Waals surface area contributed by atoms with E-state index in [1.165, 1.54) is 0 Å². The fourth-order valence-electron chi connectivity index (χ4n) is 3.21. The predicted molar refractivity (Wildman–Crippen MR) is 97.9 cm³/mol. The van der Waals surface area contributed by atoms with Crippen LogP contribution in [0.1, 0.15) is 56.8 Å². The number of carbonyl (C=O) groups is 2.